The maximum absolute atomic E-state index is 10.2. The number of benzene rings is 2. The van der Waals surface area contributed by atoms with Gasteiger partial charge in [-0.2, -0.15) is 5.10 Å². The number of nitrogens with zero attached hydrogens (tertiary/aromatic N) is 2. The molecule has 2 N–H and O–H groups in total. The minimum atomic E-state index is -0.385. The molecule has 27 heavy (non-hydrogen) atoms. The van der Waals surface area contributed by atoms with Crippen molar-refractivity contribution in [3.63, 3.8) is 0 Å². The second-order valence-corrected chi connectivity index (χ2v) is 7.70. The molecule has 3 aromatic rings. The summed E-state index contributed by atoms with van der Waals surface area (Å²) in [6.45, 7) is 2.77. The molecular weight excluding hydrogens is 358 g/mol. The maximum Gasteiger partial charge on any atom is 0.0674 e. The molecule has 1 unspecified atom stereocenters. The fourth-order valence-electron chi connectivity index (χ4n) is 3.98. The average molecular weight is 382 g/mol. The van der Waals surface area contributed by atoms with Crippen LogP contribution >= 0.6 is 11.6 Å². The third kappa shape index (κ3) is 3.53. The van der Waals surface area contributed by atoms with E-state index in [0.29, 0.717) is 11.6 Å². The molecule has 1 atom stereocenters. The van der Waals surface area contributed by atoms with Gasteiger partial charge < -0.3 is 10.4 Å². The molecule has 1 aliphatic rings. The van der Waals surface area contributed by atoms with Crippen molar-refractivity contribution in [2.24, 2.45) is 0 Å². The lowest BCUT2D eigenvalue weighted by Crippen LogP contribution is -2.47. The first-order valence-electron chi connectivity index (χ1n) is 9.37. The normalized spacial score (nSPS) is 19.1. The SMILES string of the molecule is Cc1nn(-c2ccc(Cl)cc2)cc1CNC1(CO)CCCc2ccccc21. The van der Waals surface area contributed by atoms with Crippen LogP contribution in [0.5, 0.6) is 0 Å². The summed E-state index contributed by atoms with van der Waals surface area (Å²) in [7, 11) is 0. The Bertz CT molecular complexity index is 935. The number of aryl methyl sites for hydroxylation is 2. The van der Waals surface area contributed by atoms with E-state index >= 15 is 0 Å². The molecule has 2 aromatic carbocycles. The standard InChI is InChI=1S/C22H24ClN3O/c1-16-18(14-26(25-16)20-10-8-19(23)9-11-20)13-24-22(15-27)12-4-6-17-5-2-3-7-21(17)22/h2-3,5,7-11,14,24,27H,4,6,12-13,15H2,1H3. The van der Waals surface area contributed by atoms with Gasteiger partial charge in [-0.25, -0.2) is 4.68 Å². The monoisotopic (exact) mass is 381 g/mol. The van der Waals surface area contributed by atoms with Gasteiger partial charge in [0.05, 0.1) is 23.5 Å². The van der Waals surface area contributed by atoms with Crippen molar-refractivity contribution >= 4 is 11.6 Å². The summed E-state index contributed by atoms with van der Waals surface area (Å²) >= 11 is 5.98. The maximum atomic E-state index is 10.2. The summed E-state index contributed by atoms with van der Waals surface area (Å²) in [6, 6.07) is 16.1. The fourth-order valence-corrected chi connectivity index (χ4v) is 4.11. The highest BCUT2D eigenvalue weighted by Crippen LogP contribution is 2.35. The lowest BCUT2D eigenvalue weighted by atomic mass is 9.77. The molecule has 140 valence electrons. The van der Waals surface area contributed by atoms with Gasteiger partial charge in [-0.05, 0) is 61.6 Å². The predicted octanol–water partition coefficient (Wildman–Crippen LogP) is 4.15. The first kappa shape index (κ1) is 18.2. The summed E-state index contributed by atoms with van der Waals surface area (Å²) in [5, 5.41) is 19.2. The van der Waals surface area contributed by atoms with E-state index in [9.17, 15) is 5.11 Å². The molecule has 0 aliphatic heterocycles. The summed E-state index contributed by atoms with van der Waals surface area (Å²) in [5.74, 6) is 0. The molecule has 0 bridgehead atoms. The summed E-state index contributed by atoms with van der Waals surface area (Å²) in [6.07, 6.45) is 5.14. The summed E-state index contributed by atoms with van der Waals surface area (Å²) in [5.41, 5.74) is 5.26. The first-order chi connectivity index (χ1) is 13.1. The molecule has 1 aliphatic carbocycles. The lowest BCUT2D eigenvalue weighted by Gasteiger charge is -2.38. The number of halogens is 1. The predicted molar refractivity (Wildman–Crippen MR) is 108 cm³/mol. The molecule has 0 spiro atoms. The Morgan fingerprint density at radius 3 is 2.74 bits per heavy atom. The van der Waals surface area contributed by atoms with Gasteiger partial charge in [0.15, 0.2) is 0 Å². The number of hydrogen-bond donors (Lipinski definition) is 2. The Hall–Kier alpha value is -2.14. The number of nitrogens with one attached hydrogen (secondary N) is 1. The van der Waals surface area contributed by atoms with Crippen molar-refractivity contribution < 1.29 is 5.11 Å². The Morgan fingerprint density at radius 1 is 1.19 bits per heavy atom. The van der Waals surface area contributed by atoms with Crippen molar-refractivity contribution in [2.45, 2.75) is 38.3 Å². The second-order valence-electron chi connectivity index (χ2n) is 7.27. The number of rotatable bonds is 5. The third-order valence-electron chi connectivity index (χ3n) is 5.56. The number of aromatic nitrogens is 2. The molecule has 0 fully saturated rings. The van der Waals surface area contributed by atoms with E-state index in [-0.39, 0.29) is 12.1 Å². The molecule has 0 saturated carbocycles. The van der Waals surface area contributed by atoms with Crippen LogP contribution in [0.25, 0.3) is 5.69 Å². The van der Waals surface area contributed by atoms with Crippen LogP contribution in [0.3, 0.4) is 0 Å². The van der Waals surface area contributed by atoms with Crippen molar-refractivity contribution in [1.82, 2.24) is 15.1 Å². The zero-order chi connectivity index (χ0) is 18.9. The highest BCUT2D eigenvalue weighted by atomic mass is 35.5. The van der Waals surface area contributed by atoms with E-state index in [0.717, 1.165) is 36.2 Å². The topological polar surface area (TPSA) is 50.1 Å². The molecule has 4 rings (SSSR count). The van der Waals surface area contributed by atoms with Crippen LogP contribution in [-0.2, 0) is 18.5 Å². The molecule has 1 aromatic heterocycles. The Morgan fingerprint density at radius 2 is 1.96 bits per heavy atom. The smallest absolute Gasteiger partial charge is 0.0674 e. The van der Waals surface area contributed by atoms with Crippen LogP contribution in [0.2, 0.25) is 5.02 Å². The Labute approximate surface area is 164 Å². The molecule has 1 heterocycles. The largest absolute Gasteiger partial charge is 0.394 e. The Balaban J connectivity index is 1.57. The van der Waals surface area contributed by atoms with E-state index in [1.165, 1.54) is 11.1 Å². The van der Waals surface area contributed by atoms with Gasteiger partial charge in [-0.15, -0.1) is 0 Å². The molecule has 0 saturated heterocycles. The summed E-state index contributed by atoms with van der Waals surface area (Å²) in [4.78, 5) is 0. The van der Waals surface area contributed by atoms with E-state index in [1.807, 2.05) is 42.1 Å². The van der Waals surface area contributed by atoms with Gasteiger partial charge in [0.1, 0.15) is 0 Å². The van der Waals surface area contributed by atoms with Gasteiger partial charge in [-0.3, -0.25) is 0 Å². The van der Waals surface area contributed by atoms with E-state index in [4.69, 9.17) is 11.6 Å². The molecular formula is C22H24ClN3O. The van der Waals surface area contributed by atoms with Crippen molar-refractivity contribution in [2.75, 3.05) is 6.61 Å². The van der Waals surface area contributed by atoms with E-state index < -0.39 is 0 Å². The van der Waals surface area contributed by atoms with Gasteiger partial charge in [0, 0.05) is 23.3 Å². The molecule has 4 nitrogen and oxygen atoms in total. The highest BCUT2D eigenvalue weighted by Gasteiger charge is 2.35. The molecule has 0 amide bonds. The first-order valence-corrected chi connectivity index (χ1v) is 9.74. The van der Waals surface area contributed by atoms with E-state index in [1.54, 1.807) is 0 Å². The van der Waals surface area contributed by atoms with Crippen LogP contribution < -0.4 is 5.32 Å². The van der Waals surface area contributed by atoms with Gasteiger partial charge in [0.25, 0.3) is 0 Å². The minimum absolute atomic E-state index is 0.0916. The minimum Gasteiger partial charge on any atom is -0.394 e. The van der Waals surface area contributed by atoms with Crippen LogP contribution in [0.1, 0.15) is 35.2 Å². The van der Waals surface area contributed by atoms with Crippen LogP contribution in [0.4, 0.5) is 0 Å². The van der Waals surface area contributed by atoms with Crippen LogP contribution in [0.15, 0.2) is 54.7 Å². The highest BCUT2D eigenvalue weighted by molar-refractivity contribution is 6.30. The van der Waals surface area contributed by atoms with Crippen molar-refractivity contribution in [3.05, 3.63) is 82.1 Å². The molecule has 0 radical (unpaired) electrons. The van der Waals surface area contributed by atoms with Gasteiger partial charge >= 0.3 is 0 Å². The third-order valence-corrected chi connectivity index (χ3v) is 5.81. The number of aliphatic hydroxyl groups is 1. The number of aliphatic hydroxyl groups excluding tert-OH is 1. The van der Waals surface area contributed by atoms with Crippen molar-refractivity contribution in [1.29, 1.82) is 0 Å². The zero-order valence-electron chi connectivity index (χ0n) is 15.5. The number of hydrogen-bond acceptors (Lipinski definition) is 3. The quantitative estimate of drug-likeness (QED) is 0.698. The zero-order valence-corrected chi connectivity index (χ0v) is 16.2. The second kappa shape index (κ2) is 7.47. The molecule has 5 heteroatoms. The summed E-state index contributed by atoms with van der Waals surface area (Å²) < 4.78 is 1.88. The fraction of sp³-hybridized carbons (Fsp3) is 0.318. The van der Waals surface area contributed by atoms with Gasteiger partial charge in [0.2, 0.25) is 0 Å². The number of fused-ring (bicyclic) bond motifs is 1. The van der Waals surface area contributed by atoms with Crippen molar-refractivity contribution in [3.8, 4) is 5.69 Å². The Kier molecular flexibility index (Phi) is 5.04. The van der Waals surface area contributed by atoms with E-state index in [2.05, 4.69) is 34.7 Å². The average Bonchev–Trinajstić information content (AvgIpc) is 3.07. The van der Waals surface area contributed by atoms with Gasteiger partial charge in [-0.1, -0.05) is 35.9 Å². The van der Waals surface area contributed by atoms with Crippen LogP contribution in [-0.4, -0.2) is 21.5 Å². The lowest BCUT2D eigenvalue weighted by molar-refractivity contribution is 0.140. The van der Waals surface area contributed by atoms with Crippen LogP contribution in [0, 0.1) is 6.92 Å².